The normalized spacial score (nSPS) is 16.2. The van der Waals surface area contributed by atoms with E-state index in [1.807, 2.05) is 43.3 Å². The number of nitrogens with one attached hydrogen (secondary N) is 2. The molecule has 1 aromatic carbocycles. The van der Waals surface area contributed by atoms with Crippen LogP contribution >= 0.6 is 0 Å². The number of fused-ring (bicyclic) bond motifs is 3. The maximum absolute atomic E-state index is 12.9. The molecule has 5 heteroatoms. The number of carbonyl (C=O) groups excluding carboxylic acids is 1. The van der Waals surface area contributed by atoms with Crippen molar-refractivity contribution in [3.8, 4) is 0 Å². The van der Waals surface area contributed by atoms with Gasteiger partial charge < -0.3 is 15.2 Å². The molecule has 1 aliphatic rings. The van der Waals surface area contributed by atoms with Gasteiger partial charge in [-0.25, -0.2) is 4.98 Å². The number of aromatic amines is 1. The van der Waals surface area contributed by atoms with Gasteiger partial charge in [0.05, 0.1) is 11.1 Å². The molecule has 0 spiro atoms. The lowest BCUT2D eigenvalue weighted by molar-refractivity contribution is 0.0952. The van der Waals surface area contributed by atoms with E-state index in [-0.39, 0.29) is 5.91 Å². The Balaban J connectivity index is 1.61. The van der Waals surface area contributed by atoms with Gasteiger partial charge in [0.15, 0.2) is 0 Å². The molecule has 2 N–H and O–H groups in total. The summed E-state index contributed by atoms with van der Waals surface area (Å²) in [5, 5.41) is 4.26. The molecule has 2 heterocycles. The number of aromatic nitrogens is 2. The van der Waals surface area contributed by atoms with Crippen LogP contribution in [0.1, 0.15) is 40.5 Å². The average Bonchev–Trinajstić information content (AvgIpc) is 3.04. The maximum Gasteiger partial charge on any atom is 0.253 e. The fourth-order valence-electron chi connectivity index (χ4n) is 4.05. The van der Waals surface area contributed by atoms with E-state index in [4.69, 9.17) is 0 Å². The van der Waals surface area contributed by atoms with Crippen LogP contribution in [-0.2, 0) is 19.4 Å². The highest BCUT2D eigenvalue weighted by Crippen LogP contribution is 2.33. The lowest BCUT2D eigenvalue weighted by atomic mass is 9.87. The largest absolute Gasteiger partial charge is 0.362 e. The smallest absolute Gasteiger partial charge is 0.253 e. The monoisotopic (exact) mass is 362 g/mol. The minimum absolute atomic E-state index is 0.0548. The van der Waals surface area contributed by atoms with Crippen molar-refractivity contribution in [2.75, 3.05) is 19.0 Å². The number of para-hydroxylation sites is 1. The summed E-state index contributed by atoms with van der Waals surface area (Å²) in [5.74, 6) is 1.52. The van der Waals surface area contributed by atoms with Crippen molar-refractivity contribution in [2.24, 2.45) is 5.92 Å². The molecule has 0 saturated carbocycles. The highest BCUT2D eigenvalue weighted by molar-refractivity contribution is 6.06. The topological polar surface area (TPSA) is 61.0 Å². The molecule has 1 aliphatic carbocycles. The number of hydrogen-bond acceptors (Lipinski definition) is 3. The second-order valence-corrected chi connectivity index (χ2v) is 7.72. The van der Waals surface area contributed by atoms with Gasteiger partial charge in [0, 0.05) is 43.5 Å². The first-order valence-electron chi connectivity index (χ1n) is 9.56. The zero-order valence-corrected chi connectivity index (χ0v) is 16.2. The number of aryl methyl sites for hydroxylation is 1. The Morgan fingerprint density at radius 2 is 2.15 bits per heavy atom. The summed E-state index contributed by atoms with van der Waals surface area (Å²) in [5.41, 5.74) is 5.37. The van der Waals surface area contributed by atoms with Crippen LogP contribution in [0.25, 0.3) is 10.9 Å². The van der Waals surface area contributed by atoms with Crippen LogP contribution in [0.5, 0.6) is 0 Å². The molecule has 0 radical (unpaired) electrons. The maximum atomic E-state index is 12.9. The molecule has 2 aromatic heterocycles. The van der Waals surface area contributed by atoms with E-state index in [2.05, 4.69) is 28.3 Å². The van der Waals surface area contributed by atoms with Crippen molar-refractivity contribution >= 4 is 22.6 Å². The van der Waals surface area contributed by atoms with E-state index >= 15 is 0 Å². The van der Waals surface area contributed by atoms with E-state index in [1.165, 1.54) is 23.1 Å². The zero-order chi connectivity index (χ0) is 19.0. The highest BCUT2D eigenvalue weighted by Gasteiger charge is 2.22. The van der Waals surface area contributed by atoms with Crippen LogP contribution in [0.15, 0.2) is 36.5 Å². The summed E-state index contributed by atoms with van der Waals surface area (Å²) in [6, 6.07) is 9.91. The second kappa shape index (κ2) is 7.06. The molecule has 1 amide bonds. The SMILES string of the molecule is CC1CCc2[nH]c3c(C(=O)NCc4cccnc4N(C)C)cccc3c2C1. The van der Waals surface area contributed by atoms with Crippen molar-refractivity contribution in [3.05, 3.63) is 58.9 Å². The van der Waals surface area contributed by atoms with E-state index < -0.39 is 0 Å². The lowest BCUT2D eigenvalue weighted by Gasteiger charge is -2.17. The van der Waals surface area contributed by atoms with Gasteiger partial charge in [-0.15, -0.1) is 0 Å². The van der Waals surface area contributed by atoms with Crippen molar-refractivity contribution < 1.29 is 4.79 Å². The third kappa shape index (κ3) is 3.29. The van der Waals surface area contributed by atoms with Gasteiger partial charge in [-0.3, -0.25) is 4.79 Å². The van der Waals surface area contributed by atoms with Crippen LogP contribution in [0.2, 0.25) is 0 Å². The molecule has 140 valence electrons. The van der Waals surface area contributed by atoms with Gasteiger partial charge in [0.2, 0.25) is 0 Å². The Hall–Kier alpha value is -2.82. The second-order valence-electron chi connectivity index (χ2n) is 7.72. The number of rotatable bonds is 4. The molecule has 0 bridgehead atoms. The van der Waals surface area contributed by atoms with E-state index in [0.717, 1.165) is 29.7 Å². The van der Waals surface area contributed by atoms with Crippen LogP contribution < -0.4 is 10.2 Å². The van der Waals surface area contributed by atoms with Gasteiger partial charge in [-0.05, 0) is 42.9 Å². The quantitative estimate of drug-likeness (QED) is 0.744. The Morgan fingerprint density at radius 1 is 1.30 bits per heavy atom. The fraction of sp³-hybridized carbons (Fsp3) is 0.364. The highest BCUT2D eigenvalue weighted by atomic mass is 16.1. The van der Waals surface area contributed by atoms with Crippen LogP contribution in [-0.4, -0.2) is 30.0 Å². The van der Waals surface area contributed by atoms with E-state index in [0.29, 0.717) is 18.0 Å². The Kier molecular flexibility index (Phi) is 4.60. The summed E-state index contributed by atoms with van der Waals surface area (Å²) >= 11 is 0. The van der Waals surface area contributed by atoms with Gasteiger partial charge in [0.1, 0.15) is 5.82 Å². The van der Waals surface area contributed by atoms with E-state index in [1.54, 1.807) is 6.20 Å². The number of hydrogen-bond donors (Lipinski definition) is 2. The summed E-state index contributed by atoms with van der Waals surface area (Å²) in [4.78, 5) is 22.8. The number of H-pyrrole nitrogens is 1. The van der Waals surface area contributed by atoms with Gasteiger partial charge in [-0.2, -0.15) is 0 Å². The molecule has 4 rings (SSSR count). The van der Waals surface area contributed by atoms with Crippen LogP contribution in [0, 0.1) is 5.92 Å². The minimum Gasteiger partial charge on any atom is -0.362 e. The van der Waals surface area contributed by atoms with Crippen LogP contribution in [0.3, 0.4) is 0 Å². The molecule has 27 heavy (non-hydrogen) atoms. The molecular weight excluding hydrogens is 336 g/mol. The molecule has 0 aliphatic heterocycles. The number of benzene rings is 1. The molecule has 5 nitrogen and oxygen atoms in total. The predicted octanol–water partition coefficient (Wildman–Crippen LogP) is 3.68. The molecule has 3 aromatic rings. The van der Waals surface area contributed by atoms with Crippen molar-refractivity contribution in [1.82, 2.24) is 15.3 Å². The van der Waals surface area contributed by atoms with E-state index in [9.17, 15) is 4.79 Å². The summed E-state index contributed by atoms with van der Waals surface area (Å²) in [7, 11) is 3.91. The molecule has 0 saturated heterocycles. The minimum atomic E-state index is -0.0548. The van der Waals surface area contributed by atoms with Crippen LogP contribution in [0.4, 0.5) is 5.82 Å². The number of pyridine rings is 1. The first kappa shape index (κ1) is 17.6. The predicted molar refractivity (Wildman–Crippen MR) is 109 cm³/mol. The molecule has 0 fully saturated rings. The third-order valence-corrected chi connectivity index (χ3v) is 5.44. The molecule has 1 unspecified atom stereocenters. The average molecular weight is 362 g/mol. The van der Waals surface area contributed by atoms with Crippen molar-refractivity contribution in [1.29, 1.82) is 0 Å². The number of amides is 1. The van der Waals surface area contributed by atoms with Gasteiger partial charge >= 0.3 is 0 Å². The lowest BCUT2D eigenvalue weighted by Crippen LogP contribution is -2.24. The summed E-state index contributed by atoms with van der Waals surface area (Å²) < 4.78 is 0. The first-order chi connectivity index (χ1) is 13.0. The third-order valence-electron chi connectivity index (χ3n) is 5.44. The molecule has 1 atom stereocenters. The zero-order valence-electron chi connectivity index (χ0n) is 16.2. The van der Waals surface area contributed by atoms with Crippen molar-refractivity contribution in [3.63, 3.8) is 0 Å². The Labute approximate surface area is 159 Å². The first-order valence-corrected chi connectivity index (χ1v) is 9.56. The Morgan fingerprint density at radius 3 is 2.96 bits per heavy atom. The Bertz CT molecular complexity index is 989. The standard InChI is InChI=1S/C22H26N4O/c1-14-9-10-19-18(12-14)16-7-4-8-17(20(16)25-19)22(27)24-13-15-6-5-11-23-21(15)26(2)3/h4-8,11,14,25H,9-10,12-13H2,1-3H3,(H,24,27). The molecular formula is C22H26N4O. The van der Waals surface area contributed by atoms with Gasteiger partial charge in [-0.1, -0.05) is 25.1 Å². The number of anilines is 1. The summed E-state index contributed by atoms with van der Waals surface area (Å²) in [6.07, 6.45) is 5.12. The summed E-state index contributed by atoms with van der Waals surface area (Å²) in [6.45, 7) is 2.75. The van der Waals surface area contributed by atoms with Gasteiger partial charge in [0.25, 0.3) is 5.91 Å². The number of nitrogens with zero attached hydrogens (tertiary/aromatic N) is 2. The fourth-order valence-corrected chi connectivity index (χ4v) is 4.05. The van der Waals surface area contributed by atoms with Crippen molar-refractivity contribution in [2.45, 2.75) is 32.7 Å². The number of carbonyl (C=O) groups is 1.